The topological polar surface area (TPSA) is 206 Å². The van der Waals surface area contributed by atoms with Crippen LogP contribution in [-0.4, -0.2) is 34.1 Å². The summed E-state index contributed by atoms with van der Waals surface area (Å²) in [6.45, 7) is 0. The molecule has 0 saturated carbocycles. The van der Waals surface area contributed by atoms with E-state index in [4.69, 9.17) is 11.6 Å². The highest BCUT2D eigenvalue weighted by molar-refractivity contribution is 7.93. The summed E-state index contributed by atoms with van der Waals surface area (Å²) in [6.07, 6.45) is 0.925. The Morgan fingerprint density at radius 1 is 0.970 bits per heavy atom. The van der Waals surface area contributed by atoms with Gasteiger partial charge in [-0.05, 0) is 12.1 Å². The highest BCUT2D eigenvalue weighted by Crippen LogP contribution is 2.34. The van der Waals surface area contributed by atoms with Gasteiger partial charge in [0.15, 0.2) is 5.13 Å². The molecular formula is C16H8ClN5O9S2. The Kier molecular flexibility index (Phi) is 6.34. The Hall–Kier alpha value is -4.02. The quantitative estimate of drug-likeness (QED) is 0.358. The summed E-state index contributed by atoms with van der Waals surface area (Å²) in [7, 11) is -4.13. The van der Waals surface area contributed by atoms with Crippen LogP contribution in [0.1, 0.15) is 10.4 Å². The van der Waals surface area contributed by atoms with Crippen molar-refractivity contribution in [1.29, 1.82) is 0 Å². The minimum absolute atomic E-state index is 0.245. The molecule has 1 N–H and O–H groups in total. The van der Waals surface area contributed by atoms with Gasteiger partial charge in [-0.2, -0.15) is 0 Å². The van der Waals surface area contributed by atoms with Gasteiger partial charge in [-0.1, -0.05) is 22.9 Å². The summed E-state index contributed by atoms with van der Waals surface area (Å²) in [6, 6.07) is 5.41. The molecule has 1 aromatic heterocycles. The number of nitro benzene ring substituents is 3. The van der Waals surface area contributed by atoms with Crippen LogP contribution >= 0.6 is 22.9 Å². The van der Waals surface area contributed by atoms with Crippen molar-refractivity contribution in [2.75, 3.05) is 5.32 Å². The fourth-order valence-corrected chi connectivity index (χ4v) is 5.16. The van der Waals surface area contributed by atoms with Crippen molar-refractivity contribution >= 4 is 60.9 Å². The number of sulfone groups is 1. The van der Waals surface area contributed by atoms with E-state index in [0.29, 0.717) is 17.4 Å². The van der Waals surface area contributed by atoms with Crippen LogP contribution in [0.2, 0.25) is 5.02 Å². The minimum Gasteiger partial charge on any atom is -0.298 e. The molecule has 0 aliphatic heterocycles. The van der Waals surface area contributed by atoms with E-state index in [0.717, 1.165) is 36.5 Å². The smallest absolute Gasteiger partial charge is 0.295 e. The lowest BCUT2D eigenvalue weighted by molar-refractivity contribution is -0.394. The molecule has 0 unspecified atom stereocenters. The number of carbonyl (C=O) groups is 1. The third-order valence-corrected chi connectivity index (χ3v) is 7.56. The fourth-order valence-electron chi connectivity index (χ4n) is 2.47. The lowest BCUT2D eigenvalue weighted by Gasteiger charge is -2.05. The van der Waals surface area contributed by atoms with Gasteiger partial charge >= 0.3 is 0 Å². The number of rotatable bonds is 7. The van der Waals surface area contributed by atoms with Gasteiger partial charge in [-0.25, -0.2) is 13.4 Å². The molecule has 0 aliphatic rings. The lowest BCUT2D eigenvalue weighted by atomic mass is 10.1. The Morgan fingerprint density at radius 2 is 1.58 bits per heavy atom. The molecule has 0 atom stereocenters. The number of aromatic nitrogens is 1. The molecule has 0 fully saturated rings. The van der Waals surface area contributed by atoms with Crippen LogP contribution in [0.3, 0.4) is 0 Å². The monoisotopic (exact) mass is 513 g/mol. The molecule has 33 heavy (non-hydrogen) atoms. The predicted octanol–water partition coefficient (Wildman–Crippen LogP) is 3.61. The highest BCUT2D eigenvalue weighted by Gasteiger charge is 2.28. The van der Waals surface area contributed by atoms with Crippen molar-refractivity contribution in [3.05, 3.63) is 83.5 Å². The Balaban J connectivity index is 1.90. The molecule has 170 valence electrons. The number of thiazole rings is 1. The van der Waals surface area contributed by atoms with Crippen molar-refractivity contribution in [2.45, 2.75) is 9.10 Å². The van der Waals surface area contributed by atoms with Crippen LogP contribution in [-0.2, 0) is 9.84 Å². The average molecular weight is 514 g/mol. The van der Waals surface area contributed by atoms with Gasteiger partial charge in [0.25, 0.3) is 23.0 Å². The van der Waals surface area contributed by atoms with E-state index in [1.807, 2.05) is 0 Å². The summed E-state index contributed by atoms with van der Waals surface area (Å²) in [5.41, 5.74) is -2.52. The van der Waals surface area contributed by atoms with Gasteiger partial charge in [-0.15, -0.1) is 0 Å². The van der Waals surface area contributed by atoms with Crippen LogP contribution in [0.25, 0.3) is 0 Å². The summed E-state index contributed by atoms with van der Waals surface area (Å²) in [5.74, 6) is -1.10. The molecule has 2 aromatic carbocycles. The number of nitrogens with one attached hydrogen (secondary N) is 1. The number of nitro groups is 3. The fraction of sp³-hybridized carbons (Fsp3) is 0. The number of anilines is 1. The zero-order valence-electron chi connectivity index (χ0n) is 15.7. The molecular weight excluding hydrogens is 506 g/mol. The average Bonchev–Trinajstić information content (AvgIpc) is 3.22. The SMILES string of the molecule is O=C(Nc1ncc(S(=O)(=O)c2ccc([N+](=O)[O-])cc2)s1)c1cc([N+](=O)[O-])cc([N+](=O)[O-])c1Cl. The first-order valence-corrected chi connectivity index (χ1v) is 11.0. The third-order valence-electron chi connectivity index (χ3n) is 4.02. The van der Waals surface area contributed by atoms with Gasteiger partial charge in [-0.3, -0.25) is 40.5 Å². The van der Waals surface area contributed by atoms with Gasteiger partial charge < -0.3 is 0 Å². The highest BCUT2D eigenvalue weighted by atomic mass is 35.5. The van der Waals surface area contributed by atoms with Crippen LogP contribution in [0.4, 0.5) is 22.2 Å². The number of carbonyl (C=O) groups excluding carboxylic acids is 1. The van der Waals surface area contributed by atoms with Gasteiger partial charge in [0.2, 0.25) is 9.84 Å². The molecule has 1 amide bonds. The number of amides is 1. The van der Waals surface area contributed by atoms with Crippen LogP contribution in [0.5, 0.6) is 0 Å². The number of benzene rings is 2. The number of non-ortho nitro benzene ring substituents is 2. The second-order valence-electron chi connectivity index (χ2n) is 6.03. The van der Waals surface area contributed by atoms with E-state index >= 15 is 0 Å². The van der Waals surface area contributed by atoms with Crippen molar-refractivity contribution in [1.82, 2.24) is 4.98 Å². The van der Waals surface area contributed by atoms with E-state index in [1.54, 1.807) is 0 Å². The third kappa shape index (κ3) is 4.76. The largest absolute Gasteiger partial charge is 0.298 e. The lowest BCUT2D eigenvalue weighted by Crippen LogP contribution is -2.13. The van der Waals surface area contributed by atoms with Gasteiger partial charge in [0.1, 0.15) is 9.23 Å². The van der Waals surface area contributed by atoms with Gasteiger partial charge in [0, 0.05) is 18.2 Å². The Labute approximate surface area is 191 Å². The summed E-state index contributed by atoms with van der Waals surface area (Å²) in [5, 5.41) is 34.1. The summed E-state index contributed by atoms with van der Waals surface area (Å²) < 4.78 is 25.1. The second-order valence-corrected chi connectivity index (χ2v) is 9.62. The number of hydrogen-bond donors (Lipinski definition) is 1. The number of hydrogen-bond acceptors (Lipinski definition) is 11. The molecule has 14 nitrogen and oxygen atoms in total. The normalized spacial score (nSPS) is 11.1. The summed E-state index contributed by atoms with van der Waals surface area (Å²) in [4.78, 5) is 46.2. The van der Waals surface area contributed by atoms with Crippen molar-refractivity contribution in [3.63, 3.8) is 0 Å². The molecule has 0 bridgehead atoms. The molecule has 3 rings (SSSR count). The molecule has 0 aliphatic carbocycles. The Morgan fingerprint density at radius 3 is 2.12 bits per heavy atom. The Bertz CT molecular complexity index is 1420. The number of nitrogens with zero attached hydrogens (tertiary/aromatic N) is 4. The molecule has 0 radical (unpaired) electrons. The standard InChI is InChI=1S/C16H8ClN5O9S2/c17-14-11(5-9(21(26)27)6-12(14)22(28)29)15(23)19-16-18-7-13(32-16)33(30,31)10-3-1-8(2-4-10)20(24)25/h1-7H,(H,18,19,23). The zero-order chi connectivity index (χ0) is 24.5. The van der Waals surface area contributed by atoms with Crippen molar-refractivity contribution in [3.8, 4) is 0 Å². The maximum Gasteiger partial charge on any atom is 0.295 e. The zero-order valence-corrected chi connectivity index (χ0v) is 18.1. The summed E-state index contributed by atoms with van der Waals surface area (Å²) >= 11 is 6.37. The molecule has 17 heteroatoms. The molecule has 1 heterocycles. The second kappa shape index (κ2) is 8.85. The van der Waals surface area contributed by atoms with Crippen molar-refractivity contribution < 1.29 is 28.0 Å². The number of halogens is 1. The molecule has 3 aromatic rings. The van der Waals surface area contributed by atoms with Crippen LogP contribution in [0.15, 0.2) is 51.7 Å². The minimum atomic E-state index is -4.13. The van der Waals surface area contributed by atoms with E-state index < -0.39 is 52.5 Å². The molecule has 0 saturated heterocycles. The first kappa shape index (κ1) is 23.6. The van der Waals surface area contributed by atoms with Crippen LogP contribution < -0.4 is 5.32 Å². The molecule has 0 spiro atoms. The van der Waals surface area contributed by atoms with E-state index in [9.17, 15) is 43.6 Å². The first-order valence-electron chi connectivity index (χ1n) is 8.31. The van der Waals surface area contributed by atoms with Crippen molar-refractivity contribution in [2.24, 2.45) is 0 Å². The maximum absolute atomic E-state index is 12.7. The first-order chi connectivity index (χ1) is 15.4. The van der Waals surface area contributed by atoms with E-state index in [2.05, 4.69) is 10.3 Å². The predicted molar refractivity (Wildman–Crippen MR) is 113 cm³/mol. The van der Waals surface area contributed by atoms with Gasteiger partial charge in [0.05, 0.1) is 37.5 Å². The van der Waals surface area contributed by atoms with Crippen LogP contribution in [0, 0.1) is 30.3 Å². The van der Waals surface area contributed by atoms with E-state index in [1.165, 1.54) is 0 Å². The van der Waals surface area contributed by atoms with E-state index in [-0.39, 0.29) is 19.9 Å². The maximum atomic E-state index is 12.7.